The first-order valence-electron chi connectivity index (χ1n) is 4.21. The lowest BCUT2D eigenvalue weighted by Gasteiger charge is -2.32. The highest BCUT2D eigenvalue weighted by atomic mass is 32.2. The molecule has 0 aliphatic carbocycles. The standard InChI is InChI=1S/C9H16OS/c1-9(2,7-10)8-3-5-11-6-4-8/h7-8H,3-6H2,1-2H3. The van der Waals surface area contributed by atoms with Crippen LogP contribution in [0.4, 0.5) is 0 Å². The predicted octanol–water partition coefficient (Wildman–Crippen LogP) is 2.35. The summed E-state index contributed by atoms with van der Waals surface area (Å²) in [6, 6.07) is 0. The van der Waals surface area contributed by atoms with Crippen LogP contribution in [0.5, 0.6) is 0 Å². The van der Waals surface area contributed by atoms with E-state index < -0.39 is 0 Å². The van der Waals surface area contributed by atoms with Crippen molar-refractivity contribution < 1.29 is 4.79 Å². The van der Waals surface area contributed by atoms with Crippen LogP contribution in [-0.4, -0.2) is 17.8 Å². The second kappa shape index (κ2) is 3.61. The van der Waals surface area contributed by atoms with E-state index in [1.807, 2.05) is 11.8 Å². The normalized spacial score (nSPS) is 21.6. The molecule has 0 saturated carbocycles. The minimum absolute atomic E-state index is 0.0824. The topological polar surface area (TPSA) is 17.1 Å². The smallest absolute Gasteiger partial charge is 0.125 e. The number of rotatable bonds is 2. The Balaban J connectivity index is 2.50. The summed E-state index contributed by atoms with van der Waals surface area (Å²) in [5.74, 6) is 3.10. The molecule has 2 heteroatoms. The summed E-state index contributed by atoms with van der Waals surface area (Å²) in [6.45, 7) is 4.11. The third kappa shape index (κ3) is 2.22. The Bertz CT molecular complexity index is 136. The average molecular weight is 172 g/mol. The number of carbonyl (C=O) groups excluding carboxylic acids is 1. The van der Waals surface area contributed by atoms with Gasteiger partial charge in [-0.05, 0) is 30.3 Å². The zero-order chi connectivity index (χ0) is 8.32. The molecule has 0 amide bonds. The maximum atomic E-state index is 10.7. The highest BCUT2D eigenvalue weighted by molar-refractivity contribution is 7.99. The average Bonchev–Trinajstić information content (AvgIpc) is 2.06. The third-order valence-corrected chi connectivity index (χ3v) is 3.63. The van der Waals surface area contributed by atoms with Crippen LogP contribution in [-0.2, 0) is 4.79 Å². The van der Waals surface area contributed by atoms with E-state index in [1.165, 1.54) is 24.3 Å². The number of thioether (sulfide) groups is 1. The molecule has 0 bridgehead atoms. The summed E-state index contributed by atoms with van der Waals surface area (Å²) in [7, 11) is 0. The quantitative estimate of drug-likeness (QED) is 0.595. The Hall–Kier alpha value is 0.0200. The molecule has 1 nitrogen and oxygen atoms in total. The van der Waals surface area contributed by atoms with Gasteiger partial charge in [0.15, 0.2) is 0 Å². The van der Waals surface area contributed by atoms with Crippen LogP contribution in [0.25, 0.3) is 0 Å². The molecule has 1 aliphatic rings. The van der Waals surface area contributed by atoms with Gasteiger partial charge in [-0.2, -0.15) is 11.8 Å². The lowest BCUT2D eigenvalue weighted by atomic mass is 9.77. The van der Waals surface area contributed by atoms with Crippen LogP contribution in [0.3, 0.4) is 0 Å². The zero-order valence-electron chi connectivity index (χ0n) is 7.30. The fourth-order valence-corrected chi connectivity index (χ4v) is 2.64. The fourth-order valence-electron chi connectivity index (χ4n) is 1.54. The van der Waals surface area contributed by atoms with Crippen LogP contribution < -0.4 is 0 Å². The molecule has 0 aromatic heterocycles. The van der Waals surface area contributed by atoms with Crippen molar-refractivity contribution in [3.05, 3.63) is 0 Å². The SMILES string of the molecule is CC(C)(C=O)C1CCSCC1. The fraction of sp³-hybridized carbons (Fsp3) is 0.889. The van der Waals surface area contributed by atoms with Crippen molar-refractivity contribution in [1.82, 2.24) is 0 Å². The van der Waals surface area contributed by atoms with Gasteiger partial charge in [0.1, 0.15) is 6.29 Å². The van der Waals surface area contributed by atoms with Crippen LogP contribution in [0, 0.1) is 11.3 Å². The molecule has 1 heterocycles. The second-order valence-electron chi connectivity index (χ2n) is 3.83. The highest BCUT2D eigenvalue weighted by Gasteiger charge is 2.29. The van der Waals surface area contributed by atoms with E-state index in [0.29, 0.717) is 5.92 Å². The van der Waals surface area contributed by atoms with Gasteiger partial charge in [-0.1, -0.05) is 13.8 Å². The van der Waals surface area contributed by atoms with Gasteiger partial charge in [-0.15, -0.1) is 0 Å². The minimum Gasteiger partial charge on any atom is -0.303 e. The lowest BCUT2D eigenvalue weighted by molar-refractivity contribution is -0.117. The Morgan fingerprint density at radius 3 is 2.36 bits per heavy atom. The maximum Gasteiger partial charge on any atom is 0.125 e. The Morgan fingerprint density at radius 2 is 1.91 bits per heavy atom. The van der Waals surface area contributed by atoms with Crippen LogP contribution in [0.2, 0.25) is 0 Å². The van der Waals surface area contributed by atoms with Gasteiger partial charge in [0.25, 0.3) is 0 Å². The molecule has 0 N–H and O–H groups in total. The molecule has 0 radical (unpaired) electrons. The Morgan fingerprint density at radius 1 is 1.36 bits per heavy atom. The number of hydrogen-bond acceptors (Lipinski definition) is 2. The van der Waals surface area contributed by atoms with Gasteiger partial charge in [0.05, 0.1) is 0 Å². The minimum atomic E-state index is -0.0824. The van der Waals surface area contributed by atoms with Crippen molar-refractivity contribution in [1.29, 1.82) is 0 Å². The van der Waals surface area contributed by atoms with Crippen LogP contribution in [0.1, 0.15) is 26.7 Å². The van der Waals surface area contributed by atoms with Crippen molar-refractivity contribution in [2.45, 2.75) is 26.7 Å². The van der Waals surface area contributed by atoms with Gasteiger partial charge in [-0.3, -0.25) is 0 Å². The molecule has 0 aromatic carbocycles. The van der Waals surface area contributed by atoms with E-state index in [1.54, 1.807) is 0 Å². The summed E-state index contributed by atoms with van der Waals surface area (Å²) >= 11 is 2.01. The molecular formula is C9H16OS. The van der Waals surface area contributed by atoms with Crippen LogP contribution >= 0.6 is 11.8 Å². The number of aldehydes is 1. The molecule has 1 rings (SSSR count). The maximum absolute atomic E-state index is 10.7. The molecule has 0 aromatic rings. The molecule has 1 fully saturated rings. The molecular weight excluding hydrogens is 156 g/mol. The number of carbonyl (C=O) groups is 1. The lowest BCUT2D eigenvalue weighted by Crippen LogP contribution is -2.28. The van der Waals surface area contributed by atoms with Gasteiger partial charge < -0.3 is 4.79 Å². The van der Waals surface area contributed by atoms with E-state index in [2.05, 4.69) is 13.8 Å². The monoisotopic (exact) mass is 172 g/mol. The zero-order valence-corrected chi connectivity index (χ0v) is 8.12. The van der Waals surface area contributed by atoms with E-state index in [9.17, 15) is 4.79 Å². The first-order valence-corrected chi connectivity index (χ1v) is 5.36. The predicted molar refractivity (Wildman–Crippen MR) is 49.9 cm³/mol. The summed E-state index contributed by atoms with van der Waals surface area (Å²) < 4.78 is 0. The highest BCUT2D eigenvalue weighted by Crippen LogP contribution is 2.35. The van der Waals surface area contributed by atoms with Crippen molar-refractivity contribution in [3.8, 4) is 0 Å². The summed E-state index contributed by atoms with van der Waals surface area (Å²) in [5, 5.41) is 0. The summed E-state index contributed by atoms with van der Waals surface area (Å²) in [5.41, 5.74) is -0.0824. The van der Waals surface area contributed by atoms with E-state index in [-0.39, 0.29) is 5.41 Å². The third-order valence-electron chi connectivity index (χ3n) is 2.58. The summed E-state index contributed by atoms with van der Waals surface area (Å²) in [4.78, 5) is 10.7. The molecule has 1 aliphatic heterocycles. The molecule has 0 unspecified atom stereocenters. The van der Waals surface area contributed by atoms with E-state index in [4.69, 9.17) is 0 Å². The first kappa shape index (κ1) is 9.11. The van der Waals surface area contributed by atoms with Crippen molar-refractivity contribution in [2.75, 3.05) is 11.5 Å². The van der Waals surface area contributed by atoms with Gasteiger partial charge in [-0.25, -0.2) is 0 Å². The molecule has 1 saturated heterocycles. The summed E-state index contributed by atoms with van der Waals surface area (Å²) in [6.07, 6.45) is 3.56. The van der Waals surface area contributed by atoms with Gasteiger partial charge in [0.2, 0.25) is 0 Å². The van der Waals surface area contributed by atoms with Crippen molar-refractivity contribution >= 4 is 18.0 Å². The first-order chi connectivity index (χ1) is 5.17. The molecule has 64 valence electrons. The Labute approximate surface area is 72.9 Å². The van der Waals surface area contributed by atoms with Gasteiger partial charge in [0, 0.05) is 5.41 Å². The van der Waals surface area contributed by atoms with E-state index in [0.717, 1.165) is 6.29 Å². The molecule has 11 heavy (non-hydrogen) atoms. The Kier molecular flexibility index (Phi) is 2.99. The van der Waals surface area contributed by atoms with Gasteiger partial charge >= 0.3 is 0 Å². The molecule has 0 atom stereocenters. The van der Waals surface area contributed by atoms with E-state index >= 15 is 0 Å². The molecule has 0 spiro atoms. The largest absolute Gasteiger partial charge is 0.303 e. The number of hydrogen-bond donors (Lipinski definition) is 0. The van der Waals surface area contributed by atoms with Crippen LogP contribution in [0.15, 0.2) is 0 Å². The second-order valence-corrected chi connectivity index (χ2v) is 5.05. The van der Waals surface area contributed by atoms with Crippen molar-refractivity contribution in [3.63, 3.8) is 0 Å². The van der Waals surface area contributed by atoms with Crippen molar-refractivity contribution in [2.24, 2.45) is 11.3 Å².